The summed E-state index contributed by atoms with van der Waals surface area (Å²) in [5.74, 6) is 1.01. The van der Waals surface area contributed by atoms with E-state index in [-0.39, 0.29) is 0 Å². The zero-order valence-electron chi connectivity index (χ0n) is 10.8. The van der Waals surface area contributed by atoms with Crippen LogP contribution in [0.1, 0.15) is 71.1 Å². The summed E-state index contributed by atoms with van der Waals surface area (Å²) in [6, 6.07) is 0. The van der Waals surface area contributed by atoms with E-state index in [1.54, 1.807) is 0 Å². The summed E-state index contributed by atoms with van der Waals surface area (Å²) in [6.07, 6.45) is 13.2. The Morgan fingerprint density at radius 3 is 2.31 bits per heavy atom. The minimum absolute atomic E-state index is 0.885. The van der Waals surface area contributed by atoms with Crippen LogP contribution in [-0.2, 0) is 4.74 Å². The molecule has 0 saturated carbocycles. The number of aliphatic imine (C=N–C) groups is 1. The van der Waals surface area contributed by atoms with Crippen molar-refractivity contribution in [3.8, 4) is 0 Å². The first kappa shape index (κ1) is 13.5. The molecule has 0 aromatic heterocycles. The number of hydrogen-bond donors (Lipinski definition) is 0. The first-order chi connectivity index (χ1) is 7.93. The molecular weight excluding hydrogens is 198 g/mol. The lowest BCUT2D eigenvalue weighted by Crippen LogP contribution is -2.13. The second kappa shape index (κ2) is 9.68. The Morgan fingerprint density at radius 2 is 1.69 bits per heavy atom. The highest BCUT2D eigenvalue weighted by Gasteiger charge is 2.04. The van der Waals surface area contributed by atoms with Gasteiger partial charge in [0.2, 0.25) is 0 Å². The molecule has 1 aliphatic rings. The monoisotopic (exact) mass is 225 g/mol. The molecule has 1 rings (SSSR count). The Labute approximate surface area is 100 Å². The fourth-order valence-electron chi connectivity index (χ4n) is 2.07. The van der Waals surface area contributed by atoms with E-state index in [9.17, 15) is 0 Å². The van der Waals surface area contributed by atoms with Crippen molar-refractivity contribution in [2.24, 2.45) is 4.99 Å². The van der Waals surface area contributed by atoms with Gasteiger partial charge in [-0.25, -0.2) is 0 Å². The highest BCUT2D eigenvalue weighted by molar-refractivity contribution is 5.76. The summed E-state index contributed by atoms with van der Waals surface area (Å²) in [7, 11) is 0. The number of nitrogens with zero attached hydrogens (tertiary/aromatic N) is 1. The minimum atomic E-state index is 0.885. The summed E-state index contributed by atoms with van der Waals surface area (Å²) < 4.78 is 5.49. The van der Waals surface area contributed by atoms with E-state index in [4.69, 9.17) is 4.74 Å². The molecule has 0 amide bonds. The van der Waals surface area contributed by atoms with E-state index in [1.807, 2.05) is 0 Å². The first-order valence-electron chi connectivity index (χ1n) is 7.09. The van der Waals surface area contributed by atoms with Crippen LogP contribution in [0.4, 0.5) is 0 Å². The summed E-state index contributed by atoms with van der Waals surface area (Å²) in [5.41, 5.74) is 0. The molecule has 0 aromatic carbocycles. The van der Waals surface area contributed by atoms with Crippen molar-refractivity contribution in [3.63, 3.8) is 0 Å². The number of hydrogen-bond acceptors (Lipinski definition) is 2. The van der Waals surface area contributed by atoms with E-state index in [0.717, 1.165) is 31.9 Å². The van der Waals surface area contributed by atoms with Crippen LogP contribution in [0.3, 0.4) is 0 Å². The number of rotatable bonds is 9. The van der Waals surface area contributed by atoms with Gasteiger partial charge in [-0.2, -0.15) is 0 Å². The molecule has 2 nitrogen and oxygen atoms in total. The predicted octanol–water partition coefficient (Wildman–Crippen LogP) is 4.34. The maximum absolute atomic E-state index is 5.49. The third kappa shape index (κ3) is 6.86. The van der Waals surface area contributed by atoms with Gasteiger partial charge in [0, 0.05) is 19.4 Å². The van der Waals surface area contributed by atoms with Crippen molar-refractivity contribution in [2.45, 2.75) is 71.1 Å². The summed E-state index contributed by atoms with van der Waals surface area (Å²) in [5, 5.41) is 0. The Kier molecular flexibility index (Phi) is 8.19. The molecule has 0 aliphatic carbocycles. The Hall–Kier alpha value is -0.530. The van der Waals surface area contributed by atoms with Gasteiger partial charge in [-0.05, 0) is 6.42 Å². The van der Waals surface area contributed by atoms with E-state index in [2.05, 4.69) is 11.9 Å². The van der Waals surface area contributed by atoms with Gasteiger partial charge in [-0.15, -0.1) is 0 Å². The highest BCUT2D eigenvalue weighted by Crippen LogP contribution is 2.11. The van der Waals surface area contributed by atoms with Crippen LogP contribution in [0.15, 0.2) is 4.99 Å². The zero-order valence-corrected chi connectivity index (χ0v) is 10.8. The van der Waals surface area contributed by atoms with Crippen LogP contribution in [-0.4, -0.2) is 19.0 Å². The lowest BCUT2D eigenvalue weighted by molar-refractivity contribution is 0.272. The molecule has 0 N–H and O–H groups in total. The molecule has 0 fully saturated rings. The van der Waals surface area contributed by atoms with Crippen LogP contribution in [0.5, 0.6) is 0 Å². The van der Waals surface area contributed by atoms with E-state index >= 15 is 0 Å². The molecule has 0 bridgehead atoms. The molecule has 16 heavy (non-hydrogen) atoms. The van der Waals surface area contributed by atoms with Gasteiger partial charge in [0.05, 0.1) is 6.61 Å². The molecule has 0 aromatic rings. The molecular formula is C14H27NO. The van der Waals surface area contributed by atoms with E-state index < -0.39 is 0 Å². The van der Waals surface area contributed by atoms with Crippen molar-refractivity contribution >= 4 is 5.90 Å². The first-order valence-corrected chi connectivity index (χ1v) is 7.09. The third-order valence-electron chi connectivity index (χ3n) is 3.10. The quantitative estimate of drug-likeness (QED) is 0.535. The Bertz CT molecular complexity index is 189. The SMILES string of the molecule is CCCCCCCCCCC1=NCCCO1. The standard InChI is InChI=1S/C14H27NO/c1-2-3-4-5-6-7-8-9-11-14-15-12-10-13-16-14/h2-13H2,1H3. The van der Waals surface area contributed by atoms with Crippen LogP contribution in [0.2, 0.25) is 0 Å². The Morgan fingerprint density at radius 1 is 1.00 bits per heavy atom. The maximum Gasteiger partial charge on any atom is 0.183 e. The van der Waals surface area contributed by atoms with Crippen LogP contribution in [0.25, 0.3) is 0 Å². The van der Waals surface area contributed by atoms with Gasteiger partial charge in [0.1, 0.15) is 0 Å². The topological polar surface area (TPSA) is 21.6 Å². The van der Waals surface area contributed by atoms with Crippen molar-refractivity contribution in [3.05, 3.63) is 0 Å². The number of unbranched alkanes of at least 4 members (excludes halogenated alkanes) is 7. The third-order valence-corrected chi connectivity index (χ3v) is 3.10. The molecule has 0 unspecified atom stereocenters. The van der Waals surface area contributed by atoms with E-state index in [1.165, 1.54) is 51.4 Å². The van der Waals surface area contributed by atoms with Gasteiger partial charge < -0.3 is 4.74 Å². The molecule has 2 heteroatoms. The summed E-state index contributed by atoms with van der Waals surface area (Å²) >= 11 is 0. The fourth-order valence-corrected chi connectivity index (χ4v) is 2.07. The van der Waals surface area contributed by atoms with Crippen LogP contribution < -0.4 is 0 Å². The molecule has 0 atom stereocenters. The smallest absolute Gasteiger partial charge is 0.183 e. The molecule has 1 heterocycles. The number of ether oxygens (including phenoxy) is 1. The zero-order chi connectivity index (χ0) is 11.5. The Balaban J connectivity index is 1.82. The lowest BCUT2D eigenvalue weighted by atomic mass is 10.1. The van der Waals surface area contributed by atoms with Gasteiger partial charge in [-0.3, -0.25) is 4.99 Å². The second-order valence-electron chi connectivity index (χ2n) is 4.70. The van der Waals surface area contributed by atoms with Gasteiger partial charge >= 0.3 is 0 Å². The average Bonchev–Trinajstić information content (AvgIpc) is 2.34. The fraction of sp³-hybridized carbons (Fsp3) is 0.929. The van der Waals surface area contributed by atoms with Crippen LogP contribution >= 0.6 is 0 Å². The molecule has 0 spiro atoms. The summed E-state index contributed by atoms with van der Waals surface area (Å²) in [6.45, 7) is 4.13. The van der Waals surface area contributed by atoms with Gasteiger partial charge in [-0.1, -0.05) is 51.9 Å². The molecule has 0 radical (unpaired) electrons. The average molecular weight is 225 g/mol. The second-order valence-corrected chi connectivity index (χ2v) is 4.70. The molecule has 0 saturated heterocycles. The van der Waals surface area contributed by atoms with Crippen molar-refractivity contribution in [1.82, 2.24) is 0 Å². The maximum atomic E-state index is 5.49. The van der Waals surface area contributed by atoms with Crippen molar-refractivity contribution < 1.29 is 4.74 Å². The van der Waals surface area contributed by atoms with Crippen LogP contribution in [0, 0.1) is 0 Å². The van der Waals surface area contributed by atoms with Crippen molar-refractivity contribution in [1.29, 1.82) is 0 Å². The molecule has 94 valence electrons. The van der Waals surface area contributed by atoms with Crippen molar-refractivity contribution in [2.75, 3.05) is 13.2 Å². The highest BCUT2D eigenvalue weighted by atomic mass is 16.5. The summed E-state index contributed by atoms with van der Waals surface area (Å²) in [4.78, 5) is 4.38. The largest absolute Gasteiger partial charge is 0.481 e. The van der Waals surface area contributed by atoms with Gasteiger partial charge in [0.15, 0.2) is 5.90 Å². The minimum Gasteiger partial charge on any atom is -0.481 e. The normalized spacial score (nSPS) is 15.7. The lowest BCUT2D eigenvalue weighted by Gasteiger charge is -2.13. The molecule has 1 aliphatic heterocycles. The van der Waals surface area contributed by atoms with Gasteiger partial charge in [0.25, 0.3) is 0 Å². The van der Waals surface area contributed by atoms with E-state index in [0.29, 0.717) is 0 Å². The predicted molar refractivity (Wildman–Crippen MR) is 70.1 cm³/mol.